The van der Waals surface area contributed by atoms with E-state index in [0.29, 0.717) is 0 Å². The van der Waals surface area contributed by atoms with Crippen molar-refractivity contribution in [3.8, 4) is 0 Å². The number of hydrogen-bond donors (Lipinski definition) is 1. The second kappa shape index (κ2) is 4.08. The largest absolute Gasteiger partial charge is 0.427 e. The summed E-state index contributed by atoms with van der Waals surface area (Å²) in [7, 11) is -0.834. The van der Waals surface area contributed by atoms with Gasteiger partial charge in [0, 0.05) is 12.3 Å². The molecule has 1 fully saturated rings. The molecule has 1 heterocycles. The summed E-state index contributed by atoms with van der Waals surface area (Å²) in [6.45, 7) is 1.02. The van der Waals surface area contributed by atoms with Crippen molar-refractivity contribution in [2.24, 2.45) is 0 Å². The van der Waals surface area contributed by atoms with Gasteiger partial charge in [-0.3, -0.25) is 0 Å². The summed E-state index contributed by atoms with van der Waals surface area (Å²) in [5.41, 5.74) is 6.52. The highest BCUT2D eigenvalue weighted by atomic mass is 29.2. The van der Waals surface area contributed by atoms with Gasteiger partial charge in [0.15, 0.2) is 9.28 Å². The summed E-state index contributed by atoms with van der Waals surface area (Å²) >= 11 is 0. The van der Waals surface area contributed by atoms with Crippen molar-refractivity contribution in [3.05, 3.63) is 24.3 Å². The number of nitrogens with two attached hydrogens (primary N) is 1. The van der Waals surface area contributed by atoms with Gasteiger partial charge in [-0.15, -0.1) is 0 Å². The van der Waals surface area contributed by atoms with Gasteiger partial charge in [-0.25, -0.2) is 0 Å². The van der Waals surface area contributed by atoms with Crippen molar-refractivity contribution in [2.75, 3.05) is 12.3 Å². The molecule has 0 amide bonds. The molecule has 1 atom stereocenters. The van der Waals surface area contributed by atoms with Crippen LogP contribution in [-0.4, -0.2) is 24.2 Å². The Labute approximate surface area is 82.4 Å². The van der Waals surface area contributed by atoms with E-state index in [9.17, 15) is 0 Å². The average molecular weight is 209 g/mol. The fourth-order valence-corrected chi connectivity index (χ4v) is 8.63. The highest BCUT2D eigenvalue weighted by Crippen LogP contribution is 2.06. The number of benzene rings is 1. The van der Waals surface area contributed by atoms with Crippen LogP contribution in [0.15, 0.2) is 24.3 Å². The van der Waals surface area contributed by atoms with Crippen LogP contribution < -0.4 is 10.9 Å². The maximum atomic E-state index is 5.65. The summed E-state index contributed by atoms with van der Waals surface area (Å²) in [6.07, 6.45) is 1.27. The van der Waals surface area contributed by atoms with Crippen LogP contribution in [0.3, 0.4) is 0 Å². The van der Waals surface area contributed by atoms with E-state index in [2.05, 4.69) is 12.1 Å². The van der Waals surface area contributed by atoms with Crippen molar-refractivity contribution in [1.29, 1.82) is 0 Å². The first-order valence-electron chi connectivity index (χ1n) is 4.79. The fourth-order valence-electron chi connectivity index (χ4n) is 1.77. The Balaban J connectivity index is 2.10. The van der Waals surface area contributed by atoms with Gasteiger partial charge < -0.3 is 10.2 Å². The third-order valence-corrected chi connectivity index (χ3v) is 10.5. The van der Waals surface area contributed by atoms with Gasteiger partial charge in [0.1, 0.15) is 0 Å². The zero-order valence-corrected chi connectivity index (χ0v) is 10.3. The predicted molar refractivity (Wildman–Crippen MR) is 61.6 cm³/mol. The Morgan fingerprint density at radius 1 is 1.31 bits per heavy atom. The van der Waals surface area contributed by atoms with E-state index in [4.69, 9.17) is 10.2 Å². The first-order valence-corrected chi connectivity index (χ1v) is 10.0. The second-order valence-electron chi connectivity index (χ2n) is 3.58. The molecule has 1 saturated heterocycles. The van der Waals surface area contributed by atoms with Crippen molar-refractivity contribution < 1.29 is 4.43 Å². The van der Waals surface area contributed by atoms with E-state index >= 15 is 0 Å². The molecule has 1 aromatic rings. The zero-order valence-electron chi connectivity index (χ0n) is 7.70. The Morgan fingerprint density at radius 3 is 2.69 bits per heavy atom. The van der Waals surface area contributed by atoms with Gasteiger partial charge in [-0.05, 0) is 18.6 Å². The molecular weight excluding hydrogens is 194 g/mol. The van der Waals surface area contributed by atoms with Crippen LogP contribution in [0.5, 0.6) is 0 Å². The molecule has 0 aliphatic carbocycles. The third kappa shape index (κ3) is 2.21. The molecular formula is C9H15NOSi2. The number of anilines is 1. The van der Waals surface area contributed by atoms with Gasteiger partial charge in [-0.1, -0.05) is 23.4 Å². The number of nitrogen functional groups attached to an aromatic ring is 1. The van der Waals surface area contributed by atoms with Crippen LogP contribution in [0.1, 0.15) is 6.42 Å². The summed E-state index contributed by atoms with van der Waals surface area (Å²) in [4.78, 5) is 0. The molecule has 0 aromatic heterocycles. The predicted octanol–water partition coefficient (Wildman–Crippen LogP) is -0.296. The van der Waals surface area contributed by atoms with Crippen LogP contribution in [0.4, 0.5) is 5.69 Å². The molecule has 0 saturated carbocycles. The van der Waals surface area contributed by atoms with Crippen LogP contribution in [0.2, 0.25) is 6.04 Å². The molecule has 2 rings (SSSR count). The molecule has 1 unspecified atom stereocenters. The van der Waals surface area contributed by atoms with E-state index in [1.807, 2.05) is 12.1 Å². The number of hydrogen-bond acceptors (Lipinski definition) is 2. The van der Waals surface area contributed by atoms with E-state index in [1.165, 1.54) is 12.5 Å². The van der Waals surface area contributed by atoms with Crippen LogP contribution in [0, 0.1) is 0 Å². The Hall–Kier alpha value is -0.586. The number of rotatable bonds is 1. The molecule has 13 heavy (non-hydrogen) atoms. The molecule has 1 aromatic carbocycles. The Morgan fingerprint density at radius 2 is 2.08 bits per heavy atom. The molecule has 4 heteroatoms. The summed E-state index contributed by atoms with van der Waals surface area (Å²) < 4.78 is 5.64. The fraction of sp³-hybridized carbons (Fsp3) is 0.333. The van der Waals surface area contributed by atoms with Crippen molar-refractivity contribution in [2.45, 2.75) is 12.5 Å². The molecule has 2 N–H and O–H groups in total. The minimum atomic E-state index is -0.644. The van der Waals surface area contributed by atoms with Gasteiger partial charge in [-0.2, -0.15) is 0 Å². The lowest BCUT2D eigenvalue weighted by Crippen LogP contribution is -2.41. The first kappa shape index (κ1) is 8.99. The SMILES string of the molecule is Nc1ccc([SiH]2CCCO[SiH2]2)cc1. The summed E-state index contributed by atoms with van der Waals surface area (Å²) in [5, 5.41) is 1.56. The lowest BCUT2D eigenvalue weighted by molar-refractivity contribution is 0.336. The maximum absolute atomic E-state index is 5.65. The quantitative estimate of drug-likeness (QED) is 0.509. The van der Waals surface area contributed by atoms with Crippen molar-refractivity contribution in [3.63, 3.8) is 0 Å². The smallest absolute Gasteiger partial charge is 0.152 e. The Bertz CT molecular complexity index is 269. The van der Waals surface area contributed by atoms with Crippen LogP contribution in [0.25, 0.3) is 0 Å². The highest BCUT2D eigenvalue weighted by molar-refractivity contribution is 7.17. The molecule has 70 valence electrons. The zero-order chi connectivity index (χ0) is 9.10. The lowest BCUT2D eigenvalue weighted by atomic mass is 10.3. The summed E-state index contributed by atoms with van der Waals surface area (Å²) in [5.74, 6) is 0. The van der Waals surface area contributed by atoms with E-state index in [-0.39, 0.29) is 9.28 Å². The van der Waals surface area contributed by atoms with Gasteiger partial charge in [0.2, 0.25) is 0 Å². The monoisotopic (exact) mass is 209 g/mol. The van der Waals surface area contributed by atoms with E-state index in [0.717, 1.165) is 12.3 Å². The third-order valence-electron chi connectivity index (χ3n) is 2.57. The molecule has 0 bridgehead atoms. The van der Waals surface area contributed by atoms with E-state index < -0.39 is 8.31 Å². The van der Waals surface area contributed by atoms with E-state index in [1.54, 1.807) is 5.19 Å². The normalized spacial score (nSPS) is 24.8. The molecule has 2 nitrogen and oxygen atoms in total. The van der Waals surface area contributed by atoms with Gasteiger partial charge in [0.05, 0.1) is 8.31 Å². The average Bonchev–Trinajstić information content (AvgIpc) is 2.20. The van der Waals surface area contributed by atoms with Crippen molar-refractivity contribution in [1.82, 2.24) is 0 Å². The Kier molecular flexibility index (Phi) is 2.82. The first-order chi connectivity index (χ1) is 6.36. The lowest BCUT2D eigenvalue weighted by Gasteiger charge is -2.20. The minimum absolute atomic E-state index is 0.190. The standard InChI is InChI=1S/C9H15NOSi2/c10-8-2-4-9(5-3-8)13-7-1-6-11-12-13/h2-5,13H,1,6-7,10,12H2. The van der Waals surface area contributed by atoms with Gasteiger partial charge >= 0.3 is 0 Å². The molecule has 1 aliphatic heterocycles. The van der Waals surface area contributed by atoms with Crippen molar-refractivity contribution >= 4 is 28.5 Å². The highest BCUT2D eigenvalue weighted by Gasteiger charge is 2.17. The second-order valence-corrected chi connectivity index (χ2v) is 10.9. The van der Waals surface area contributed by atoms with Gasteiger partial charge in [0.25, 0.3) is 0 Å². The minimum Gasteiger partial charge on any atom is -0.427 e. The topological polar surface area (TPSA) is 35.2 Å². The van der Waals surface area contributed by atoms with Crippen LogP contribution in [-0.2, 0) is 4.43 Å². The molecule has 1 aliphatic rings. The summed E-state index contributed by atoms with van der Waals surface area (Å²) in [6, 6.07) is 9.88. The van der Waals surface area contributed by atoms with Crippen LogP contribution >= 0.6 is 0 Å². The molecule has 0 radical (unpaired) electrons. The molecule has 0 spiro atoms. The maximum Gasteiger partial charge on any atom is 0.152 e.